The van der Waals surface area contributed by atoms with Gasteiger partial charge in [-0.3, -0.25) is 4.98 Å². The number of aromatic nitrogens is 4. The fourth-order valence-corrected chi connectivity index (χ4v) is 6.68. The number of nitrogens with one attached hydrogen (secondary N) is 1. The average molecular weight is 449 g/mol. The quantitative estimate of drug-likeness (QED) is 0.469. The van der Waals surface area contributed by atoms with Crippen LogP contribution in [0.1, 0.15) is 35.4 Å². The Balaban J connectivity index is 1.32. The van der Waals surface area contributed by atoms with Gasteiger partial charge in [-0.15, -0.1) is 22.7 Å². The highest BCUT2D eigenvalue weighted by atomic mass is 32.1. The first-order chi connectivity index (χ1) is 15.2. The number of thiophene rings is 1. The first-order valence-electron chi connectivity index (χ1n) is 10.9. The number of rotatable bonds is 4. The second-order valence-corrected chi connectivity index (χ2v) is 10.3. The molecule has 1 fully saturated rings. The molecule has 0 amide bonds. The Labute approximate surface area is 189 Å². The molecule has 0 radical (unpaired) electrons. The molecular weight excluding hydrogens is 424 g/mol. The Kier molecular flexibility index (Phi) is 4.84. The highest BCUT2D eigenvalue weighted by Crippen LogP contribution is 2.42. The summed E-state index contributed by atoms with van der Waals surface area (Å²) >= 11 is 3.56. The lowest BCUT2D eigenvalue weighted by Crippen LogP contribution is -2.39. The van der Waals surface area contributed by atoms with Crippen LogP contribution in [0.25, 0.3) is 21.6 Å². The van der Waals surface area contributed by atoms with E-state index in [1.807, 2.05) is 36.6 Å². The predicted molar refractivity (Wildman–Crippen MR) is 128 cm³/mol. The molecule has 0 bridgehead atoms. The molecule has 31 heavy (non-hydrogen) atoms. The van der Waals surface area contributed by atoms with Gasteiger partial charge in [0, 0.05) is 47.3 Å². The fourth-order valence-electron chi connectivity index (χ4n) is 4.66. The fraction of sp³-hybridized carbons (Fsp3) is 0.391. The number of aryl methyl sites for hydroxylation is 3. The number of pyridine rings is 1. The largest absolute Gasteiger partial charge is 0.359 e. The Hall–Kier alpha value is -2.58. The lowest BCUT2D eigenvalue weighted by Gasteiger charge is -2.33. The molecule has 0 unspecified atom stereocenters. The van der Waals surface area contributed by atoms with E-state index in [4.69, 9.17) is 9.97 Å². The van der Waals surface area contributed by atoms with Crippen molar-refractivity contribution in [2.45, 2.75) is 45.1 Å². The molecule has 2 aliphatic rings. The third-order valence-electron chi connectivity index (χ3n) is 6.21. The Morgan fingerprint density at radius 1 is 1.13 bits per heavy atom. The maximum absolute atomic E-state index is 5.11. The number of nitrogens with zero attached hydrogens (tertiary/aromatic N) is 5. The minimum Gasteiger partial charge on any atom is -0.359 e. The van der Waals surface area contributed by atoms with Crippen molar-refractivity contribution in [3.63, 3.8) is 0 Å². The smallest absolute Gasteiger partial charge is 0.183 e. The standard InChI is InChI=1S/C23H24N6S2/c1-14-13-30-23(25-14)26-16-7-10-29(11-8-16)21-19-17-5-2-6-18(17)31-22(19)28-20(27-21)15-4-3-9-24-12-15/h3-4,9,12-13,16H,2,5-8,10-11H2,1H3,(H,25,26). The SMILES string of the molecule is Cc1csc(NC2CCN(c3nc(-c4cccnc4)nc4sc5c(c34)CCC5)CC2)n1. The van der Waals surface area contributed by atoms with Gasteiger partial charge in [-0.1, -0.05) is 0 Å². The van der Waals surface area contributed by atoms with Crippen LogP contribution in [0.15, 0.2) is 29.9 Å². The molecule has 0 saturated carbocycles. The van der Waals surface area contributed by atoms with E-state index < -0.39 is 0 Å². The molecular formula is C23H24N6S2. The van der Waals surface area contributed by atoms with Gasteiger partial charge in [0.2, 0.25) is 0 Å². The van der Waals surface area contributed by atoms with Crippen molar-refractivity contribution in [1.82, 2.24) is 19.9 Å². The highest BCUT2D eigenvalue weighted by Gasteiger charge is 2.28. The van der Waals surface area contributed by atoms with Crippen LogP contribution in [0.5, 0.6) is 0 Å². The second kappa shape index (κ2) is 7.84. The lowest BCUT2D eigenvalue weighted by atomic mass is 10.0. The first kappa shape index (κ1) is 19.1. The minimum atomic E-state index is 0.463. The second-order valence-electron chi connectivity index (χ2n) is 8.35. The normalized spacial score (nSPS) is 16.7. The van der Waals surface area contributed by atoms with Gasteiger partial charge in [0.05, 0.1) is 11.1 Å². The van der Waals surface area contributed by atoms with E-state index in [-0.39, 0.29) is 0 Å². The molecule has 0 aromatic carbocycles. The maximum Gasteiger partial charge on any atom is 0.183 e. The Morgan fingerprint density at radius 3 is 2.81 bits per heavy atom. The van der Waals surface area contributed by atoms with Gasteiger partial charge >= 0.3 is 0 Å². The number of hydrogen-bond acceptors (Lipinski definition) is 8. The summed E-state index contributed by atoms with van der Waals surface area (Å²) in [6.07, 6.45) is 9.40. The zero-order chi connectivity index (χ0) is 20.8. The minimum absolute atomic E-state index is 0.463. The zero-order valence-electron chi connectivity index (χ0n) is 17.5. The molecule has 6 rings (SSSR count). The molecule has 6 nitrogen and oxygen atoms in total. The molecule has 1 saturated heterocycles. The summed E-state index contributed by atoms with van der Waals surface area (Å²) in [6, 6.07) is 4.46. The number of fused-ring (bicyclic) bond motifs is 3. The van der Waals surface area contributed by atoms with E-state index in [2.05, 4.69) is 25.6 Å². The van der Waals surface area contributed by atoms with Crippen LogP contribution in [0.2, 0.25) is 0 Å². The van der Waals surface area contributed by atoms with Gasteiger partial charge in [0.15, 0.2) is 11.0 Å². The van der Waals surface area contributed by atoms with E-state index in [0.717, 1.165) is 65.2 Å². The van der Waals surface area contributed by atoms with Gasteiger partial charge < -0.3 is 10.2 Å². The Bertz CT molecular complexity index is 1220. The van der Waals surface area contributed by atoms with Crippen LogP contribution in [0.3, 0.4) is 0 Å². The van der Waals surface area contributed by atoms with Crippen molar-refractivity contribution in [2.24, 2.45) is 0 Å². The molecule has 1 N–H and O–H groups in total. The van der Waals surface area contributed by atoms with Crippen molar-refractivity contribution >= 4 is 43.8 Å². The van der Waals surface area contributed by atoms with Crippen molar-refractivity contribution in [3.8, 4) is 11.4 Å². The number of anilines is 2. The van der Waals surface area contributed by atoms with E-state index in [9.17, 15) is 0 Å². The molecule has 0 atom stereocenters. The van der Waals surface area contributed by atoms with Crippen molar-refractivity contribution < 1.29 is 0 Å². The molecule has 4 aromatic rings. The zero-order valence-corrected chi connectivity index (χ0v) is 19.1. The van der Waals surface area contributed by atoms with Crippen molar-refractivity contribution in [1.29, 1.82) is 0 Å². The summed E-state index contributed by atoms with van der Waals surface area (Å²) in [5.41, 5.74) is 3.56. The van der Waals surface area contributed by atoms with Crippen LogP contribution in [0, 0.1) is 6.92 Å². The van der Waals surface area contributed by atoms with Gasteiger partial charge in [-0.25, -0.2) is 15.0 Å². The first-order valence-corrected chi connectivity index (χ1v) is 12.6. The third-order valence-corrected chi connectivity index (χ3v) is 8.28. The van der Waals surface area contributed by atoms with Gasteiger partial charge in [-0.2, -0.15) is 0 Å². The van der Waals surface area contributed by atoms with Crippen LogP contribution in [0.4, 0.5) is 10.9 Å². The topological polar surface area (TPSA) is 66.8 Å². The molecule has 1 aliphatic heterocycles. The van der Waals surface area contributed by atoms with E-state index >= 15 is 0 Å². The summed E-state index contributed by atoms with van der Waals surface area (Å²) in [4.78, 5) is 24.0. The van der Waals surface area contributed by atoms with E-state index in [0.29, 0.717) is 6.04 Å². The van der Waals surface area contributed by atoms with Gasteiger partial charge in [0.1, 0.15) is 10.6 Å². The number of piperidine rings is 1. The molecule has 0 spiro atoms. The summed E-state index contributed by atoms with van der Waals surface area (Å²) in [5, 5.41) is 8.07. The number of thiazole rings is 1. The van der Waals surface area contributed by atoms with Crippen LogP contribution >= 0.6 is 22.7 Å². The monoisotopic (exact) mass is 448 g/mol. The van der Waals surface area contributed by atoms with Crippen LogP contribution in [-0.2, 0) is 12.8 Å². The summed E-state index contributed by atoms with van der Waals surface area (Å²) in [5.74, 6) is 1.90. The molecule has 158 valence electrons. The number of hydrogen-bond donors (Lipinski definition) is 1. The van der Waals surface area contributed by atoms with Crippen molar-refractivity contribution in [2.75, 3.05) is 23.3 Å². The van der Waals surface area contributed by atoms with E-state index in [1.165, 1.54) is 28.7 Å². The highest BCUT2D eigenvalue weighted by molar-refractivity contribution is 7.19. The molecule has 8 heteroatoms. The van der Waals surface area contributed by atoms with Crippen LogP contribution < -0.4 is 10.2 Å². The summed E-state index contributed by atoms with van der Waals surface area (Å²) in [7, 11) is 0. The molecule has 4 aromatic heterocycles. The van der Waals surface area contributed by atoms with E-state index in [1.54, 1.807) is 17.5 Å². The third kappa shape index (κ3) is 3.57. The van der Waals surface area contributed by atoms with Crippen molar-refractivity contribution in [3.05, 3.63) is 46.0 Å². The Morgan fingerprint density at radius 2 is 2.03 bits per heavy atom. The van der Waals surface area contributed by atoms with Crippen LogP contribution in [-0.4, -0.2) is 39.1 Å². The maximum atomic E-state index is 5.11. The molecule has 5 heterocycles. The van der Waals surface area contributed by atoms with Gasteiger partial charge in [0.25, 0.3) is 0 Å². The molecule has 1 aliphatic carbocycles. The summed E-state index contributed by atoms with van der Waals surface area (Å²) in [6.45, 7) is 4.03. The van der Waals surface area contributed by atoms with Gasteiger partial charge in [-0.05, 0) is 56.7 Å². The predicted octanol–water partition coefficient (Wildman–Crippen LogP) is 5.09. The average Bonchev–Trinajstić information content (AvgIpc) is 3.50. The lowest BCUT2D eigenvalue weighted by molar-refractivity contribution is 0.524. The summed E-state index contributed by atoms with van der Waals surface area (Å²) < 4.78 is 0.